The maximum absolute atomic E-state index is 12.3. The molecule has 4 rings (SSSR count). The highest BCUT2D eigenvalue weighted by atomic mass is 32.2. The van der Waals surface area contributed by atoms with Gasteiger partial charge in [0.15, 0.2) is 0 Å². The van der Waals surface area contributed by atoms with Crippen molar-refractivity contribution in [3.63, 3.8) is 0 Å². The lowest BCUT2D eigenvalue weighted by molar-refractivity contribution is -0.145. The number of methoxy groups -OCH3 is 2. The van der Waals surface area contributed by atoms with Crippen LogP contribution in [0.3, 0.4) is 0 Å². The van der Waals surface area contributed by atoms with E-state index in [4.69, 9.17) is 14.6 Å². The highest BCUT2D eigenvalue weighted by molar-refractivity contribution is 8.16. The number of piperidine rings is 1. The number of nitrogens with one attached hydrogen (secondary N) is 1. The third kappa shape index (κ3) is 9.66. The Morgan fingerprint density at radius 1 is 0.976 bits per heavy atom. The summed E-state index contributed by atoms with van der Waals surface area (Å²) in [7, 11) is 2.70. The third-order valence-corrected chi connectivity index (χ3v) is 9.57. The first-order valence-corrected chi connectivity index (χ1v) is 14.6. The van der Waals surface area contributed by atoms with E-state index in [9.17, 15) is 19.2 Å². The fourth-order valence-corrected chi connectivity index (χ4v) is 6.94. The second kappa shape index (κ2) is 16.6. The average Bonchev–Trinajstić information content (AvgIpc) is 2.99. The van der Waals surface area contributed by atoms with E-state index in [0.29, 0.717) is 63.5 Å². The van der Waals surface area contributed by atoms with Crippen LogP contribution in [0.5, 0.6) is 0 Å². The molecule has 2 N–H and O–H groups in total. The molecular formula is C28H39N3O8S2. The first kappa shape index (κ1) is 34.5. The first-order chi connectivity index (χ1) is 19.3. The van der Waals surface area contributed by atoms with Crippen molar-refractivity contribution >= 4 is 57.4 Å². The van der Waals surface area contributed by atoms with Crippen LogP contribution >= 0.6 is 23.5 Å². The molecule has 0 aromatic heterocycles. The number of hydrogen-bond acceptors (Lipinski definition) is 12. The molecule has 2 amide bonds. The minimum atomic E-state index is -0.809. The van der Waals surface area contributed by atoms with Gasteiger partial charge in [0.2, 0.25) is 11.8 Å². The minimum Gasteiger partial charge on any atom is -0.469 e. The van der Waals surface area contributed by atoms with E-state index >= 15 is 0 Å². The van der Waals surface area contributed by atoms with Crippen molar-refractivity contribution in [3.05, 3.63) is 35.9 Å². The van der Waals surface area contributed by atoms with Gasteiger partial charge in [-0.05, 0) is 31.2 Å². The molecule has 0 bridgehead atoms. The number of esters is 2. The maximum Gasteiger partial charge on any atom is 0.322 e. The molecule has 41 heavy (non-hydrogen) atoms. The predicted molar refractivity (Wildman–Crippen MR) is 160 cm³/mol. The summed E-state index contributed by atoms with van der Waals surface area (Å²) in [5.41, 5.74) is 1.08. The molecule has 2 unspecified atom stereocenters. The molecule has 11 nitrogen and oxygen atoms in total. The Balaban J connectivity index is 0.000000314. The summed E-state index contributed by atoms with van der Waals surface area (Å²) < 4.78 is 14.0. The summed E-state index contributed by atoms with van der Waals surface area (Å²) in [5.74, 6) is -1.12. The number of carbonyl (C=O) groups excluding carboxylic acids is 4. The summed E-state index contributed by atoms with van der Waals surface area (Å²) in [6, 6.07) is 9.85. The van der Waals surface area contributed by atoms with Crippen LogP contribution in [0.1, 0.15) is 51.5 Å². The van der Waals surface area contributed by atoms with Gasteiger partial charge in [-0.2, -0.15) is 0 Å². The summed E-state index contributed by atoms with van der Waals surface area (Å²) >= 11 is 2.64. The fourth-order valence-electron chi connectivity index (χ4n) is 4.41. The van der Waals surface area contributed by atoms with E-state index in [-0.39, 0.29) is 44.2 Å². The Bertz CT molecular complexity index is 1130. The number of aliphatic hydroxyl groups excluding tert-OH is 1. The van der Waals surface area contributed by atoms with Gasteiger partial charge >= 0.3 is 11.9 Å². The monoisotopic (exact) mass is 609 g/mol. The van der Waals surface area contributed by atoms with Crippen molar-refractivity contribution in [1.82, 2.24) is 5.32 Å². The average molecular weight is 610 g/mol. The molecule has 0 aliphatic carbocycles. The summed E-state index contributed by atoms with van der Waals surface area (Å²) in [6.07, 6.45) is 2.61. The highest BCUT2D eigenvalue weighted by Crippen LogP contribution is 2.40. The Labute approximate surface area is 249 Å². The molecule has 1 fully saturated rings. The van der Waals surface area contributed by atoms with Crippen LogP contribution in [0.4, 0.5) is 0 Å². The van der Waals surface area contributed by atoms with E-state index in [1.54, 1.807) is 0 Å². The van der Waals surface area contributed by atoms with Crippen molar-refractivity contribution in [2.45, 2.75) is 62.1 Å². The minimum absolute atomic E-state index is 0. The molecule has 3 aliphatic rings. The fraction of sp³-hybridized carbons (Fsp3) is 0.571. The van der Waals surface area contributed by atoms with Crippen molar-refractivity contribution in [2.75, 3.05) is 40.5 Å². The van der Waals surface area contributed by atoms with Crippen LogP contribution in [-0.2, 0) is 40.0 Å². The Morgan fingerprint density at radius 3 is 2.34 bits per heavy atom. The number of thioether (sulfide) groups is 2. The van der Waals surface area contributed by atoms with Crippen LogP contribution in [0.15, 0.2) is 40.3 Å². The van der Waals surface area contributed by atoms with E-state index < -0.39 is 9.49 Å². The number of ether oxygens (including phenoxy) is 3. The van der Waals surface area contributed by atoms with Crippen LogP contribution in [0.25, 0.3) is 0 Å². The Hall–Kier alpha value is -2.74. The molecule has 13 heteroatoms. The van der Waals surface area contributed by atoms with Gasteiger partial charge < -0.3 is 19.3 Å². The van der Waals surface area contributed by atoms with Gasteiger partial charge in [0, 0.05) is 25.9 Å². The number of nitrogens with zero attached hydrogens (tertiary/aromatic N) is 2. The lowest BCUT2D eigenvalue weighted by atomic mass is 9.93. The number of hydrogen-bond donors (Lipinski definition) is 2. The van der Waals surface area contributed by atoms with E-state index in [0.717, 1.165) is 10.6 Å². The number of rotatable bonds is 9. The van der Waals surface area contributed by atoms with E-state index in [1.807, 2.05) is 30.3 Å². The largest absolute Gasteiger partial charge is 0.469 e. The summed E-state index contributed by atoms with van der Waals surface area (Å²) in [5, 5.41) is 12.7. The molecule has 1 saturated heterocycles. The predicted octanol–water partition coefficient (Wildman–Crippen LogP) is 2.93. The lowest BCUT2D eigenvalue weighted by Gasteiger charge is -2.36. The second-order valence-electron chi connectivity index (χ2n) is 9.33. The van der Waals surface area contributed by atoms with Crippen molar-refractivity contribution in [3.8, 4) is 0 Å². The number of carbonyl (C=O) groups is 4. The van der Waals surface area contributed by atoms with Crippen LogP contribution in [-0.4, -0.2) is 89.0 Å². The molecule has 2 atom stereocenters. The SMILES string of the molecule is C.COC(=O)CCC1(C(=O)OC)CCN=C(COCc2ccccc2)S1.O=C1CCC2(CCN=C(CO)S2)C(=O)N1. The molecule has 1 aromatic carbocycles. The standard InChI is InChI=1S/C18H23NO5S.C9H12N2O3S.CH4/c1-22-16(20)8-9-18(17(21)23-2)10-11-19-15(25-18)13-24-12-14-6-4-3-5-7-14;12-5-7-10-4-3-9(15-7)2-1-6(13)11-8(9)14;/h3-7H,8-13H2,1-2H3;12H,1-5H2,(H,11,13,14);1H4. The second-order valence-corrected chi connectivity index (χ2v) is 12.2. The van der Waals surface area contributed by atoms with Gasteiger partial charge in [0.1, 0.15) is 9.49 Å². The quantitative estimate of drug-likeness (QED) is 0.316. The Kier molecular flexibility index (Phi) is 14.0. The van der Waals surface area contributed by atoms with Crippen molar-refractivity contribution in [2.24, 2.45) is 9.98 Å². The van der Waals surface area contributed by atoms with E-state index in [1.165, 1.54) is 37.7 Å². The zero-order chi connectivity index (χ0) is 29.0. The van der Waals surface area contributed by atoms with Crippen molar-refractivity contribution in [1.29, 1.82) is 0 Å². The number of benzene rings is 1. The first-order valence-electron chi connectivity index (χ1n) is 12.9. The number of amides is 2. The number of aliphatic hydroxyl groups is 1. The highest BCUT2D eigenvalue weighted by Gasteiger charge is 2.45. The van der Waals surface area contributed by atoms with Gasteiger partial charge in [0.25, 0.3) is 0 Å². The van der Waals surface area contributed by atoms with Gasteiger partial charge in [-0.15, -0.1) is 0 Å². The molecule has 226 valence electrons. The van der Waals surface area contributed by atoms with Gasteiger partial charge in [-0.1, -0.05) is 61.3 Å². The molecule has 1 aromatic rings. The topological polar surface area (TPSA) is 153 Å². The normalized spacial score (nSPS) is 23.6. The van der Waals surface area contributed by atoms with Gasteiger partial charge in [-0.3, -0.25) is 34.5 Å². The maximum atomic E-state index is 12.3. The van der Waals surface area contributed by atoms with Crippen molar-refractivity contribution < 1.29 is 38.5 Å². The molecule has 0 saturated carbocycles. The zero-order valence-corrected chi connectivity index (χ0v) is 24.3. The van der Waals surface area contributed by atoms with Gasteiger partial charge in [0.05, 0.1) is 44.1 Å². The molecule has 0 radical (unpaired) electrons. The zero-order valence-electron chi connectivity index (χ0n) is 22.7. The van der Waals surface area contributed by atoms with Crippen LogP contribution < -0.4 is 5.32 Å². The van der Waals surface area contributed by atoms with Crippen LogP contribution in [0.2, 0.25) is 0 Å². The summed E-state index contributed by atoms with van der Waals surface area (Å²) in [4.78, 5) is 55.2. The third-order valence-electron chi connectivity index (χ3n) is 6.65. The smallest absolute Gasteiger partial charge is 0.322 e. The number of aliphatic imine (C=N–C) groups is 2. The molecule has 1 spiro atoms. The van der Waals surface area contributed by atoms with E-state index in [2.05, 4.69) is 20.0 Å². The Morgan fingerprint density at radius 2 is 1.68 bits per heavy atom. The molecule has 3 heterocycles. The number of imide groups is 1. The van der Waals surface area contributed by atoms with Gasteiger partial charge in [-0.25, -0.2) is 0 Å². The van der Waals surface area contributed by atoms with Crippen LogP contribution in [0, 0.1) is 0 Å². The molecule has 3 aliphatic heterocycles. The lowest BCUT2D eigenvalue weighted by Crippen LogP contribution is -2.53. The molecular weight excluding hydrogens is 570 g/mol. The summed E-state index contributed by atoms with van der Waals surface area (Å²) in [6.45, 7) is 1.73.